The molecule has 0 amide bonds. The fraction of sp³-hybridized carbons (Fsp3) is 0.385. The van der Waals surface area contributed by atoms with Crippen molar-refractivity contribution in [2.75, 3.05) is 0 Å². The molecule has 16 heavy (non-hydrogen) atoms. The van der Waals surface area contributed by atoms with Crippen molar-refractivity contribution < 1.29 is 50.7 Å². The van der Waals surface area contributed by atoms with Crippen LogP contribution in [0.1, 0.15) is 33.1 Å². The summed E-state index contributed by atoms with van der Waals surface area (Å²) in [5.41, 5.74) is 6.18. The van der Waals surface area contributed by atoms with E-state index >= 15 is 0 Å². The van der Waals surface area contributed by atoms with Gasteiger partial charge in [-0.2, -0.15) is 0 Å². The van der Waals surface area contributed by atoms with Crippen LogP contribution in [0.25, 0.3) is 0 Å². The zero-order valence-electron chi connectivity index (χ0n) is 9.69. The molecule has 0 saturated heterocycles. The van der Waals surface area contributed by atoms with Crippen molar-refractivity contribution in [3.05, 3.63) is 46.6 Å². The molecule has 0 heterocycles. The van der Waals surface area contributed by atoms with E-state index in [9.17, 15) is 0 Å². The largest absolute Gasteiger partial charge is 2.00 e. The Hall–Kier alpha value is 0.410. The fourth-order valence-corrected chi connectivity index (χ4v) is 1.99. The zero-order valence-corrected chi connectivity index (χ0v) is 14.8. The quantitative estimate of drug-likeness (QED) is 0.450. The summed E-state index contributed by atoms with van der Waals surface area (Å²) in [5, 5.41) is 0. The minimum Gasteiger partial charge on any atom is -1.00 e. The first-order valence-corrected chi connectivity index (χ1v) is 4.97. The Labute approximate surface area is 130 Å². The number of rotatable bonds is 2. The molecule has 2 aliphatic carbocycles. The fourth-order valence-electron chi connectivity index (χ4n) is 1.99. The number of hydrogen-bond acceptors (Lipinski definition) is 0. The molecule has 0 bridgehead atoms. The van der Waals surface area contributed by atoms with Gasteiger partial charge in [0.15, 0.2) is 0 Å². The van der Waals surface area contributed by atoms with Gasteiger partial charge in [0.2, 0.25) is 0 Å². The standard InChI is InChI=1S/C13H16.2ClH.Hf/c1-10-5-3-7-12(10)9-13-8-4-6-11(13)2;;;/h3-6H,7-9H2,1-2H3;2*1H;/q;;;+2/p-2. The van der Waals surface area contributed by atoms with Crippen LogP contribution in [0.2, 0.25) is 0 Å². The molecule has 0 aromatic carbocycles. The van der Waals surface area contributed by atoms with Crippen molar-refractivity contribution in [3.8, 4) is 0 Å². The van der Waals surface area contributed by atoms with Crippen molar-refractivity contribution in [3.63, 3.8) is 0 Å². The first kappa shape index (κ1) is 18.8. The van der Waals surface area contributed by atoms with Crippen LogP contribution in [0, 0.1) is 0 Å². The van der Waals surface area contributed by atoms with E-state index in [0.717, 1.165) is 0 Å². The van der Waals surface area contributed by atoms with Gasteiger partial charge in [-0.3, -0.25) is 0 Å². The summed E-state index contributed by atoms with van der Waals surface area (Å²) < 4.78 is 0. The molecule has 2 aliphatic rings. The van der Waals surface area contributed by atoms with Crippen molar-refractivity contribution in [1.29, 1.82) is 0 Å². The van der Waals surface area contributed by atoms with E-state index < -0.39 is 0 Å². The monoisotopic (exact) mass is 422 g/mol. The predicted octanol–water partition coefficient (Wildman–Crippen LogP) is -2.07. The molecule has 0 aromatic rings. The Kier molecular flexibility index (Phi) is 9.96. The number of halogens is 2. The number of allylic oxidation sites excluding steroid dienone is 8. The Balaban J connectivity index is 0. The maximum absolute atomic E-state index is 2.27. The minimum absolute atomic E-state index is 0. The van der Waals surface area contributed by atoms with Gasteiger partial charge < -0.3 is 24.8 Å². The summed E-state index contributed by atoms with van der Waals surface area (Å²) in [7, 11) is 0. The Morgan fingerprint density at radius 1 is 0.875 bits per heavy atom. The van der Waals surface area contributed by atoms with Crippen molar-refractivity contribution in [2.45, 2.75) is 33.1 Å². The van der Waals surface area contributed by atoms with Crippen LogP contribution in [0.4, 0.5) is 0 Å². The van der Waals surface area contributed by atoms with Crippen LogP contribution in [0.15, 0.2) is 46.6 Å². The SMILES string of the molecule is CC1=C(CC2=C(C)C=CC2)CC=C1.[Cl-].[Cl-].[Hf+2]. The molecule has 0 radical (unpaired) electrons. The van der Waals surface area contributed by atoms with E-state index in [4.69, 9.17) is 0 Å². The van der Waals surface area contributed by atoms with Crippen LogP contribution in [-0.2, 0) is 25.8 Å². The van der Waals surface area contributed by atoms with Gasteiger partial charge in [0.1, 0.15) is 0 Å². The summed E-state index contributed by atoms with van der Waals surface area (Å²) in [6.45, 7) is 4.44. The Morgan fingerprint density at radius 2 is 1.25 bits per heavy atom. The van der Waals surface area contributed by atoms with Crippen LogP contribution in [0.5, 0.6) is 0 Å². The van der Waals surface area contributed by atoms with Gasteiger partial charge in [-0.15, -0.1) is 0 Å². The second kappa shape index (κ2) is 8.49. The molecule has 86 valence electrons. The van der Waals surface area contributed by atoms with Crippen LogP contribution in [0.3, 0.4) is 0 Å². The van der Waals surface area contributed by atoms with E-state index in [0.29, 0.717) is 0 Å². The Morgan fingerprint density at radius 3 is 1.50 bits per heavy atom. The van der Waals surface area contributed by atoms with Crippen LogP contribution in [-0.4, -0.2) is 0 Å². The third kappa shape index (κ3) is 4.35. The van der Waals surface area contributed by atoms with Crippen molar-refractivity contribution >= 4 is 0 Å². The Bertz CT molecular complexity index is 315. The summed E-state index contributed by atoms with van der Waals surface area (Å²) in [6, 6.07) is 0. The topological polar surface area (TPSA) is 0 Å². The summed E-state index contributed by atoms with van der Waals surface area (Å²) in [5.74, 6) is 0. The van der Waals surface area contributed by atoms with Gasteiger partial charge >= 0.3 is 25.8 Å². The number of hydrogen-bond donors (Lipinski definition) is 0. The maximum Gasteiger partial charge on any atom is 2.00 e. The smallest absolute Gasteiger partial charge is 1.00 e. The predicted molar refractivity (Wildman–Crippen MR) is 57.5 cm³/mol. The molecule has 0 aliphatic heterocycles. The molecule has 0 fully saturated rings. The van der Waals surface area contributed by atoms with Crippen LogP contribution >= 0.6 is 0 Å². The van der Waals surface area contributed by atoms with E-state index in [1.54, 1.807) is 11.1 Å². The molecule has 0 atom stereocenters. The molecule has 2 rings (SSSR count). The van der Waals surface area contributed by atoms with E-state index in [1.165, 1.54) is 30.4 Å². The third-order valence-electron chi connectivity index (χ3n) is 3.01. The van der Waals surface area contributed by atoms with E-state index in [2.05, 4.69) is 38.2 Å². The molecule has 3 heteroatoms. The first-order chi connectivity index (χ1) is 6.27. The van der Waals surface area contributed by atoms with E-state index in [-0.39, 0.29) is 50.7 Å². The van der Waals surface area contributed by atoms with Crippen LogP contribution < -0.4 is 24.8 Å². The average molecular weight is 422 g/mol. The summed E-state index contributed by atoms with van der Waals surface area (Å²) in [4.78, 5) is 0. The second-order valence-electron chi connectivity index (χ2n) is 3.96. The van der Waals surface area contributed by atoms with E-state index in [1.807, 2.05) is 0 Å². The van der Waals surface area contributed by atoms with Gasteiger partial charge in [-0.25, -0.2) is 0 Å². The van der Waals surface area contributed by atoms with Crippen molar-refractivity contribution in [2.24, 2.45) is 0 Å². The zero-order chi connectivity index (χ0) is 9.26. The molecule has 0 spiro atoms. The van der Waals surface area contributed by atoms with Gasteiger partial charge in [0.25, 0.3) is 0 Å². The molecular formula is C13H16Cl2Hf. The molecule has 0 N–H and O–H groups in total. The maximum atomic E-state index is 2.27. The normalized spacial score (nSPS) is 17.1. The first-order valence-electron chi connectivity index (χ1n) is 4.97. The average Bonchev–Trinajstić information content (AvgIpc) is 2.65. The molecule has 0 unspecified atom stereocenters. The molecule has 0 aromatic heterocycles. The molecule has 0 saturated carbocycles. The molecule has 0 nitrogen and oxygen atoms in total. The van der Waals surface area contributed by atoms with Gasteiger partial charge in [-0.1, -0.05) is 46.6 Å². The summed E-state index contributed by atoms with van der Waals surface area (Å²) in [6.07, 6.45) is 12.6. The molecular weight excluding hydrogens is 406 g/mol. The summed E-state index contributed by atoms with van der Waals surface area (Å²) >= 11 is 0. The van der Waals surface area contributed by atoms with Gasteiger partial charge in [-0.05, 0) is 33.1 Å². The minimum atomic E-state index is 0. The second-order valence-corrected chi connectivity index (χ2v) is 3.96. The van der Waals surface area contributed by atoms with Gasteiger partial charge in [0.05, 0.1) is 0 Å². The van der Waals surface area contributed by atoms with Crippen molar-refractivity contribution in [1.82, 2.24) is 0 Å². The van der Waals surface area contributed by atoms with Gasteiger partial charge in [0, 0.05) is 0 Å². The third-order valence-corrected chi connectivity index (χ3v) is 3.01.